The van der Waals surface area contributed by atoms with Gasteiger partial charge >= 0.3 is 0 Å². The summed E-state index contributed by atoms with van der Waals surface area (Å²) < 4.78 is 5.05. The molecule has 0 saturated carbocycles. The number of rotatable bonds is 4. The van der Waals surface area contributed by atoms with E-state index in [0.29, 0.717) is 31.2 Å². The van der Waals surface area contributed by atoms with Gasteiger partial charge in [-0.1, -0.05) is 35.5 Å². The summed E-state index contributed by atoms with van der Waals surface area (Å²) in [6.45, 7) is 2.11. The number of aromatic nitrogens is 2. The first-order valence-corrected chi connectivity index (χ1v) is 7.33. The minimum absolute atomic E-state index is 0.00327. The maximum Gasteiger partial charge on any atom is 0.240 e. The minimum Gasteiger partial charge on any atom is -0.355 e. The predicted molar refractivity (Wildman–Crippen MR) is 79.4 cm³/mol. The molecule has 116 valence electrons. The van der Waals surface area contributed by atoms with Crippen LogP contribution in [-0.4, -0.2) is 34.0 Å². The van der Waals surface area contributed by atoms with E-state index in [1.807, 2.05) is 30.3 Å². The Kier molecular flexibility index (Phi) is 4.45. The van der Waals surface area contributed by atoms with Crippen LogP contribution >= 0.6 is 0 Å². The zero-order chi connectivity index (χ0) is 15.4. The highest BCUT2D eigenvalue weighted by Crippen LogP contribution is 2.26. The first kappa shape index (κ1) is 14.7. The molecule has 0 aliphatic carbocycles. The molecular formula is C15H19N5O2. The van der Waals surface area contributed by atoms with Crippen LogP contribution in [0.5, 0.6) is 0 Å². The van der Waals surface area contributed by atoms with Crippen molar-refractivity contribution in [3.8, 4) is 0 Å². The summed E-state index contributed by atoms with van der Waals surface area (Å²) in [6.07, 6.45) is 0.422. The van der Waals surface area contributed by atoms with Gasteiger partial charge in [0, 0.05) is 25.6 Å². The van der Waals surface area contributed by atoms with E-state index in [2.05, 4.69) is 20.4 Å². The lowest BCUT2D eigenvalue weighted by molar-refractivity contribution is -0.121. The van der Waals surface area contributed by atoms with Gasteiger partial charge in [0.05, 0.1) is 13.1 Å². The average molecular weight is 301 g/mol. The van der Waals surface area contributed by atoms with Gasteiger partial charge in [-0.25, -0.2) is 0 Å². The number of nitrogens with two attached hydrogens (primary N) is 1. The maximum atomic E-state index is 11.9. The molecule has 0 spiro atoms. The highest BCUT2D eigenvalue weighted by molar-refractivity contribution is 5.77. The van der Waals surface area contributed by atoms with Crippen LogP contribution in [0.4, 0.5) is 0 Å². The molecule has 1 atom stereocenters. The molecule has 3 rings (SSSR count). The number of nitrogens with one attached hydrogen (secondary N) is 1. The van der Waals surface area contributed by atoms with E-state index >= 15 is 0 Å². The Morgan fingerprint density at radius 2 is 2.18 bits per heavy atom. The highest BCUT2D eigenvalue weighted by atomic mass is 16.5. The molecule has 1 saturated heterocycles. The summed E-state index contributed by atoms with van der Waals surface area (Å²) in [6, 6.07) is 10.0. The zero-order valence-corrected chi connectivity index (χ0v) is 12.2. The van der Waals surface area contributed by atoms with Crippen LogP contribution in [0.2, 0.25) is 0 Å². The molecule has 1 unspecified atom stereocenters. The van der Waals surface area contributed by atoms with Crippen LogP contribution in [0.15, 0.2) is 34.9 Å². The molecular weight excluding hydrogens is 282 g/mol. The SMILES string of the molecule is NCc1nc(CN2CCNC(=O)CC2c2ccccc2)no1. The van der Waals surface area contributed by atoms with Crippen LogP contribution in [0.1, 0.15) is 29.7 Å². The molecule has 1 aliphatic rings. The number of hydrogen-bond acceptors (Lipinski definition) is 6. The van der Waals surface area contributed by atoms with Crippen molar-refractivity contribution in [1.82, 2.24) is 20.4 Å². The van der Waals surface area contributed by atoms with Gasteiger partial charge in [0.15, 0.2) is 5.82 Å². The summed E-state index contributed by atoms with van der Waals surface area (Å²) in [7, 11) is 0. The number of amides is 1. The van der Waals surface area contributed by atoms with E-state index in [1.165, 1.54) is 0 Å². The fourth-order valence-electron chi connectivity index (χ4n) is 2.68. The summed E-state index contributed by atoms with van der Waals surface area (Å²) in [5.41, 5.74) is 6.61. The topological polar surface area (TPSA) is 97.3 Å². The quantitative estimate of drug-likeness (QED) is 0.858. The zero-order valence-electron chi connectivity index (χ0n) is 12.2. The van der Waals surface area contributed by atoms with Crippen molar-refractivity contribution in [2.24, 2.45) is 5.73 Å². The van der Waals surface area contributed by atoms with Gasteiger partial charge in [-0.2, -0.15) is 4.98 Å². The average Bonchev–Trinajstić information content (AvgIpc) is 2.92. The molecule has 1 aliphatic heterocycles. The third kappa shape index (κ3) is 3.32. The molecule has 1 aromatic heterocycles. The molecule has 1 amide bonds. The number of nitrogens with zero attached hydrogens (tertiary/aromatic N) is 3. The molecule has 3 N–H and O–H groups in total. The van der Waals surface area contributed by atoms with Gasteiger partial charge < -0.3 is 15.6 Å². The first-order valence-electron chi connectivity index (χ1n) is 7.33. The Hall–Kier alpha value is -2.25. The highest BCUT2D eigenvalue weighted by Gasteiger charge is 2.27. The molecule has 2 heterocycles. The van der Waals surface area contributed by atoms with Crippen molar-refractivity contribution < 1.29 is 9.32 Å². The molecule has 0 bridgehead atoms. The lowest BCUT2D eigenvalue weighted by atomic mass is 10.0. The Balaban J connectivity index is 1.83. The molecule has 1 fully saturated rings. The summed E-state index contributed by atoms with van der Waals surface area (Å²) >= 11 is 0. The second-order valence-corrected chi connectivity index (χ2v) is 5.26. The predicted octanol–water partition coefficient (Wildman–Crippen LogP) is 0.592. The van der Waals surface area contributed by atoms with Gasteiger partial charge in [-0.05, 0) is 5.56 Å². The van der Waals surface area contributed by atoms with Crippen LogP contribution < -0.4 is 11.1 Å². The fraction of sp³-hybridized carbons (Fsp3) is 0.400. The van der Waals surface area contributed by atoms with E-state index in [4.69, 9.17) is 10.3 Å². The fourth-order valence-corrected chi connectivity index (χ4v) is 2.68. The third-order valence-corrected chi connectivity index (χ3v) is 3.75. The molecule has 7 heteroatoms. The van der Waals surface area contributed by atoms with Crippen molar-refractivity contribution in [2.75, 3.05) is 13.1 Å². The Morgan fingerprint density at radius 3 is 2.91 bits per heavy atom. The molecule has 22 heavy (non-hydrogen) atoms. The van der Waals surface area contributed by atoms with Crippen LogP contribution in [-0.2, 0) is 17.9 Å². The Labute approximate surface area is 128 Å². The van der Waals surface area contributed by atoms with Crippen molar-refractivity contribution in [3.63, 3.8) is 0 Å². The van der Waals surface area contributed by atoms with Crippen molar-refractivity contribution >= 4 is 5.91 Å². The summed E-state index contributed by atoms with van der Waals surface area (Å²) in [5.74, 6) is 1.08. The number of carbonyl (C=O) groups excluding carboxylic acids is 1. The van der Waals surface area contributed by atoms with Gasteiger partial charge in [0.2, 0.25) is 11.8 Å². The van der Waals surface area contributed by atoms with E-state index in [-0.39, 0.29) is 18.5 Å². The standard InChI is InChI=1S/C15H19N5O2/c16-9-15-18-13(19-22-15)10-20-7-6-17-14(21)8-12(20)11-4-2-1-3-5-11/h1-5,12H,6-10,16H2,(H,17,21). The smallest absolute Gasteiger partial charge is 0.240 e. The van der Waals surface area contributed by atoms with E-state index < -0.39 is 0 Å². The first-order chi connectivity index (χ1) is 10.8. The second-order valence-electron chi connectivity index (χ2n) is 5.26. The lowest BCUT2D eigenvalue weighted by Gasteiger charge is -2.28. The number of benzene rings is 1. The van der Waals surface area contributed by atoms with Crippen molar-refractivity contribution in [3.05, 3.63) is 47.6 Å². The largest absolute Gasteiger partial charge is 0.355 e. The Bertz CT molecular complexity index is 628. The van der Waals surface area contributed by atoms with E-state index in [1.54, 1.807) is 0 Å². The molecule has 2 aromatic rings. The van der Waals surface area contributed by atoms with Gasteiger partial charge in [-0.3, -0.25) is 9.69 Å². The van der Waals surface area contributed by atoms with E-state index in [0.717, 1.165) is 12.1 Å². The molecule has 1 aromatic carbocycles. The van der Waals surface area contributed by atoms with Crippen LogP contribution in [0.3, 0.4) is 0 Å². The van der Waals surface area contributed by atoms with Gasteiger partial charge in [0.1, 0.15) is 0 Å². The third-order valence-electron chi connectivity index (χ3n) is 3.75. The minimum atomic E-state index is 0.00327. The maximum absolute atomic E-state index is 11.9. The monoisotopic (exact) mass is 301 g/mol. The number of carbonyl (C=O) groups is 1. The van der Waals surface area contributed by atoms with Crippen LogP contribution in [0, 0.1) is 0 Å². The normalized spacial score (nSPS) is 19.7. The molecule has 7 nitrogen and oxygen atoms in total. The summed E-state index contributed by atoms with van der Waals surface area (Å²) in [4.78, 5) is 18.4. The molecule has 0 radical (unpaired) electrons. The van der Waals surface area contributed by atoms with Gasteiger partial charge in [0.25, 0.3) is 0 Å². The Morgan fingerprint density at radius 1 is 1.36 bits per heavy atom. The van der Waals surface area contributed by atoms with Gasteiger partial charge in [-0.15, -0.1) is 0 Å². The van der Waals surface area contributed by atoms with Crippen molar-refractivity contribution in [1.29, 1.82) is 0 Å². The summed E-state index contributed by atoms with van der Waals surface area (Å²) in [5, 5.41) is 6.86. The van der Waals surface area contributed by atoms with E-state index in [9.17, 15) is 4.79 Å². The second kappa shape index (κ2) is 6.67. The lowest BCUT2D eigenvalue weighted by Crippen LogP contribution is -2.31. The van der Waals surface area contributed by atoms with Crippen LogP contribution in [0.25, 0.3) is 0 Å². The van der Waals surface area contributed by atoms with Crippen molar-refractivity contribution in [2.45, 2.75) is 25.6 Å². The number of hydrogen-bond donors (Lipinski definition) is 2.